The molecule has 0 radical (unpaired) electrons. The molecule has 0 unspecified atom stereocenters. The highest BCUT2D eigenvalue weighted by Gasteiger charge is 2.15. The SMILES string of the molecule is CCc1ccc(NC(=O)/C(C#N)=C/c2cn(Cc3ccccc3)nc2-c2cccnc2)cc1. The summed E-state index contributed by atoms with van der Waals surface area (Å²) in [7, 11) is 0. The highest BCUT2D eigenvalue weighted by atomic mass is 16.1. The van der Waals surface area contributed by atoms with Crippen LogP contribution in [0.2, 0.25) is 0 Å². The molecule has 2 aromatic heterocycles. The zero-order chi connectivity index (χ0) is 23.0. The Morgan fingerprint density at radius 1 is 1.06 bits per heavy atom. The van der Waals surface area contributed by atoms with Gasteiger partial charge in [-0.3, -0.25) is 14.5 Å². The van der Waals surface area contributed by atoms with Crippen LogP contribution in [0.5, 0.6) is 0 Å². The molecule has 1 amide bonds. The second kappa shape index (κ2) is 10.2. The number of pyridine rings is 1. The second-order valence-corrected chi connectivity index (χ2v) is 7.53. The summed E-state index contributed by atoms with van der Waals surface area (Å²) in [5.74, 6) is -0.463. The van der Waals surface area contributed by atoms with Crippen molar-refractivity contribution in [2.45, 2.75) is 19.9 Å². The minimum atomic E-state index is -0.463. The topological polar surface area (TPSA) is 83.6 Å². The normalized spacial score (nSPS) is 11.1. The van der Waals surface area contributed by atoms with Crippen LogP contribution in [0.4, 0.5) is 5.69 Å². The molecule has 0 saturated heterocycles. The highest BCUT2D eigenvalue weighted by Crippen LogP contribution is 2.24. The summed E-state index contributed by atoms with van der Waals surface area (Å²) in [6.07, 6.45) is 7.75. The maximum Gasteiger partial charge on any atom is 0.266 e. The number of rotatable bonds is 7. The first-order chi connectivity index (χ1) is 16.2. The lowest BCUT2D eigenvalue weighted by molar-refractivity contribution is -0.112. The number of carbonyl (C=O) groups is 1. The Balaban J connectivity index is 1.65. The number of aromatic nitrogens is 3. The Morgan fingerprint density at radius 2 is 1.85 bits per heavy atom. The molecule has 0 saturated carbocycles. The van der Waals surface area contributed by atoms with Crippen molar-refractivity contribution >= 4 is 17.7 Å². The zero-order valence-electron chi connectivity index (χ0n) is 18.3. The van der Waals surface area contributed by atoms with E-state index < -0.39 is 5.91 Å². The van der Waals surface area contributed by atoms with Crippen molar-refractivity contribution in [2.24, 2.45) is 0 Å². The van der Waals surface area contributed by atoms with Crippen LogP contribution < -0.4 is 5.32 Å². The van der Waals surface area contributed by atoms with Gasteiger partial charge in [-0.05, 0) is 47.9 Å². The Morgan fingerprint density at radius 3 is 2.52 bits per heavy atom. The lowest BCUT2D eigenvalue weighted by Crippen LogP contribution is -2.13. The van der Waals surface area contributed by atoms with Crippen molar-refractivity contribution in [3.63, 3.8) is 0 Å². The van der Waals surface area contributed by atoms with E-state index >= 15 is 0 Å². The van der Waals surface area contributed by atoms with E-state index in [-0.39, 0.29) is 5.57 Å². The van der Waals surface area contributed by atoms with Crippen molar-refractivity contribution in [1.29, 1.82) is 5.26 Å². The fourth-order valence-electron chi connectivity index (χ4n) is 3.45. The van der Waals surface area contributed by atoms with Gasteiger partial charge >= 0.3 is 0 Å². The molecule has 162 valence electrons. The molecular formula is C27H23N5O. The number of carbonyl (C=O) groups excluding carboxylic acids is 1. The summed E-state index contributed by atoms with van der Waals surface area (Å²) in [5, 5.41) is 17.2. The molecule has 1 N–H and O–H groups in total. The molecule has 0 bridgehead atoms. The number of hydrogen-bond donors (Lipinski definition) is 1. The van der Waals surface area contributed by atoms with Gasteiger partial charge < -0.3 is 5.32 Å². The average molecular weight is 434 g/mol. The monoisotopic (exact) mass is 433 g/mol. The van der Waals surface area contributed by atoms with E-state index in [2.05, 4.69) is 17.2 Å². The Bertz CT molecular complexity index is 1300. The maximum atomic E-state index is 12.8. The highest BCUT2D eigenvalue weighted by molar-refractivity contribution is 6.10. The molecule has 0 aliphatic heterocycles. The van der Waals surface area contributed by atoms with Crippen LogP contribution in [0.15, 0.2) is 90.9 Å². The summed E-state index contributed by atoms with van der Waals surface area (Å²) in [5.41, 5.74) is 5.06. The van der Waals surface area contributed by atoms with Crippen molar-refractivity contribution in [3.05, 3.63) is 108 Å². The minimum absolute atomic E-state index is 0.000954. The number of aryl methyl sites for hydroxylation is 1. The smallest absolute Gasteiger partial charge is 0.266 e. The largest absolute Gasteiger partial charge is 0.321 e. The molecule has 0 aliphatic carbocycles. The minimum Gasteiger partial charge on any atom is -0.321 e. The van der Waals surface area contributed by atoms with Gasteiger partial charge in [-0.1, -0.05) is 49.4 Å². The molecule has 4 aromatic rings. The molecule has 2 aromatic carbocycles. The van der Waals surface area contributed by atoms with Gasteiger partial charge in [0.15, 0.2) is 0 Å². The van der Waals surface area contributed by atoms with Crippen molar-refractivity contribution in [2.75, 3.05) is 5.32 Å². The van der Waals surface area contributed by atoms with Crippen LogP contribution in [0, 0.1) is 11.3 Å². The van der Waals surface area contributed by atoms with E-state index in [0.29, 0.717) is 23.5 Å². The van der Waals surface area contributed by atoms with E-state index in [1.165, 1.54) is 5.56 Å². The Hall–Kier alpha value is -4.50. The molecule has 33 heavy (non-hydrogen) atoms. The lowest BCUT2D eigenvalue weighted by atomic mass is 10.1. The maximum absolute atomic E-state index is 12.8. The van der Waals surface area contributed by atoms with Crippen molar-refractivity contribution in [3.8, 4) is 17.3 Å². The van der Waals surface area contributed by atoms with E-state index in [4.69, 9.17) is 5.10 Å². The standard InChI is InChI=1S/C27H23N5O/c1-2-20-10-12-25(13-11-20)30-27(33)23(16-28)15-24-19-32(18-21-7-4-3-5-8-21)31-26(24)22-9-6-14-29-17-22/h3-15,17,19H,2,18H2,1H3,(H,30,33)/b23-15+. The molecule has 4 rings (SSSR count). The molecule has 6 nitrogen and oxygen atoms in total. The molecule has 0 spiro atoms. The van der Waals surface area contributed by atoms with Gasteiger partial charge in [0.05, 0.1) is 6.54 Å². The summed E-state index contributed by atoms with van der Waals surface area (Å²) in [6.45, 7) is 2.64. The predicted octanol–water partition coefficient (Wildman–Crippen LogP) is 5.10. The number of nitrogens with one attached hydrogen (secondary N) is 1. The molecule has 0 fully saturated rings. The van der Waals surface area contributed by atoms with Crippen LogP contribution in [-0.4, -0.2) is 20.7 Å². The molecule has 0 atom stereocenters. The van der Waals surface area contributed by atoms with Gasteiger partial charge in [-0.15, -0.1) is 0 Å². The van der Waals surface area contributed by atoms with Gasteiger partial charge in [0.2, 0.25) is 0 Å². The number of benzene rings is 2. The van der Waals surface area contributed by atoms with Gasteiger partial charge in [0, 0.05) is 35.4 Å². The first-order valence-electron chi connectivity index (χ1n) is 10.7. The van der Waals surface area contributed by atoms with Crippen LogP contribution in [0.1, 0.15) is 23.6 Å². The Kier molecular flexibility index (Phi) is 6.72. The van der Waals surface area contributed by atoms with Gasteiger partial charge in [0.1, 0.15) is 17.3 Å². The molecule has 0 aliphatic rings. The number of amides is 1. The summed E-state index contributed by atoms with van der Waals surface area (Å²) in [6, 6.07) is 23.3. The van der Waals surface area contributed by atoms with E-state index in [0.717, 1.165) is 17.5 Å². The quantitative estimate of drug-likeness (QED) is 0.325. The van der Waals surface area contributed by atoms with E-state index in [9.17, 15) is 10.1 Å². The molecular weight excluding hydrogens is 410 g/mol. The van der Waals surface area contributed by atoms with E-state index in [1.807, 2.05) is 79.0 Å². The summed E-state index contributed by atoms with van der Waals surface area (Å²) in [4.78, 5) is 17.0. The number of hydrogen-bond acceptors (Lipinski definition) is 4. The Labute approximate surface area is 192 Å². The molecule has 6 heteroatoms. The zero-order valence-corrected chi connectivity index (χ0v) is 18.3. The first-order valence-corrected chi connectivity index (χ1v) is 10.7. The first kappa shape index (κ1) is 21.7. The third kappa shape index (κ3) is 5.41. The molecule has 2 heterocycles. The third-order valence-electron chi connectivity index (χ3n) is 5.20. The van der Waals surface area contributed by atoms with Crippen molar-refractivity contribution in [1.82, 2.24) is 14.8 Å². The second-order valence-electron chi connectivity index (χ2n) is 7.53. The van der Waals surface area contributed by atoms with E-state index in [1.54, 1.807) is 23.2 Å². The number of anilines is 1. The average Bonchev–Trinajstić information content (AvgIpc) is 3.26. The lowest BCUT2D eigenvalue weighted by Gasteiger charge is -2.05. The van der Waals surface area contributed by atoms with Crippen LogP contribution in [-0.2, 0) is 17.8 Å². The van der Waals surface area contributed by atoms with Gasteiger partial charge in [0.25, 0.3) is 5.91 Å². The van der Waals surface area contributed by atoms with Crippen molar-refractivity contribution < 1.29 is 4.79 Å². The number of nitrogens with zero attached hydrogens (tertiary/aromatic N) is 4. The number of nitriles is 1. The van der Waals surface area contributed by atoms with Gasteiger partial charge in [-0.2, -0.15) is 10.4 Å². The fraction of sp³-hybridized carbons (Fsp3) is 0.111. The summed E-state index contributed by atoms with van der Waals surface area (Å²) >= 11 is 0. The summed E-state index contributed by atoms with van der Waals surface area (Å²) < 4.78 is 1.81. The van der Waals surface area contributed by atoms with Crippen LogP contribution in [0.3, 0.4) is 0 Å². The van der Waals surface area contributed by atoms with Gasteiger partial charge in [-0.25, -0.2) is 0 Å². The third-order valence-corrected chi connectivity index (χ3v) is 5.20. The fourth-order valence-corrected chi connectivity index (χ4v) is 3.45. The van der Waals surface area contributed by atoms with Crippen LogP contribution in [0.25, 0.3) is 17.3 Å². The predicted molar refractivity (Wildman–Crippen MR) is 129 cm³/mol. The van der Waals surface area contributed by atoms with Crippen LogP contribution >= 0.6 is 0 Å².